The highest BCUT2D eigenvalue weighted by molar-refractivity contribution is 5.95. The van der Waals surface area contributed by atoms with E-state index in [-0.39, 0.29) is 17.5 Å². The first kappa shape index (κ1) is 15.8. The van der Waals surface area contributed by atoms with Crippen molar-refractivity contribution in [1.29, 1.82) is 0 Å². The van der Waals surface area contributed by atoms with E-state index in [2.05, 4.69) is 36.0 Å². The number of carbonyl (C=O) groups is 1. The molecule has 1 amide bonds. The summed E-state index contributed by atoms with van der Waals surface area (Å²) in [5.74, 6) is 0.601. The molecule has 116 valence electrons. The molecular formula is C16H25N3O2. The number of nitrogens with one attached hydrogen (secondary N) is 1. The number of ether oxygens (including phenoxy) is 1. The topological polar surface area (TPSA) is 54.5 Å². The first-order valence-corrected chi connectivity index (χ1v) is 7.55. The summed E-state index contributed by atoms with van der Waals surface area (Å²) in [7, 11) is 1.57. The first-order chi connectivity index (χ1) is 9.97. The van der Waals surface area contributed by atoms with Crippen molar-refractivity contribution in [2.75, 3.05) is 19.0 Å². The molecule has 0 aliphatic carbocycles. The van der Waals surface area contributed by atoms with Crippen LogP contribution in [-0.2, 0) is 4.79 Å². The summed E-state index contributed by atoms with van der Waals surface area (Å²) in [6, 6.07) is 3.51. The predicted molar refractivity (Wildman–Crippen MR) is 83.5 cm³/mol. The molecule has 1 aliphatic rings. The lowest BCUT2D eigenvalue weighted by molar-refractivity contribution is -0.122. The average molecular weight is 291 g/mol. The van der Waals surface area contributed by atoms with Crippen LogP contribution in [0.4, 0.5) is 5.69 Å². The molecule has 0 spiro atoms. The lowest BCUT2D eigenvalue weighted by Crippen LogP contribution is -2.50. The average Bonchev–Trinajstić information content (AvgIpc) is 2.98. The summed E-state index contributed by atoms with van der Waals surface area (Å²) in [5.41, 5.74) is 0.762. The van der Waals surface area contributed by atoms with Crippen molar-refractivity contribution >= 4 is 11.6 Å². The fourth-order valence-corrected chi connectivity index (χ4v) is 2.77. The Morgan fingerprint density at radius 2 is 2.29 bits per heavy atom. The largest absolute Gasteiger partial charge is 0.481 e. The molecule has 1 fully saturated rings. The van der Waals surface area contributed by atoms with Gasteiger partial charge in [0.2, 0.25) is 11.8 Å². The van der Waals surface area contributed by atoms with E-state index in [4.69, 9.17) is 4.74 Å². The molecule has 0 saturated carbocycles. The molecule has 2 heterocycles. The van der Waals surface area contributed by atoms with E-state index in [9.17, 15) is 4.79 Å². The van der Waals surface area contributed by atoms with Gasteiger partial charge >= 0.3 is 0 Å². The van der Waals surface area contributed by atoms with Crippen LogP contribution in [0.2, 0.25) is 0 Å². The second kappa shape index (κ2) is 6.43. The zero-order chi connectivity index (χ0) is 15.5. The third kappa shape index (κ3) is 3.53. The molecule has 1 N–H and O–H groups in total. The van der Waals surface area contributed by atoms with Gasteiger partial charge < -0.3 is 10.1 Å². The van der Waals surface area contributed by atoms with Crippen LogP contribution in [0.5, 0.6) is 5.88 Å². The van der Waals surface area contributed by atoms with Gasteiger partial charge in [-0.3, -0.25) is 9.69 Å². The summed E-state index contributed by atoms with van der Waals surface area (Å²) in [6.45, 7) is 7.56. The molecule has 1 saturated heterocycles. The van der Waals surface area contributed by atoms with Gasteiger partial charge in [0.25, 0.3) is 0 Å². The molecule has 0 radical (unpaired) electrons. The van der Waals surface area contributed by atoms with Gasteiger partial charge in [0.05, 0.1) is 25.0 Å². The Bertz CT molecular complexity index is 485. The SMILES string of the molecule is CCC(C)(C)N1CCCC1C(=O)Nc1ccc(OC)nc1. The van der Waals surface area contributed by atoms with Gasteiger partial charge in [-0.2, -0.15) is 0 Å². The van der Waals surface area contributed by atoms with Crippen molar-refractivity contribution in [2.45, 2.75) is 51.6 Å². The van der Waals surface area contributed by atoms with Crippen molar-refractivity contribution in [3.05, 3.63) is 18.3 Å². The highest BCUT2D eigenvalue weighted by atomic mass is 16.5. The second-order valence-corrected chi connectivity index (χ2v) is 6.10. The van der Waals surface area contributed by atoms with Crippen LogP contribution in [0.1, 0.15) is 40.0 Å². The Labute approximate surface area is 126 Å². The minimum Gasteiger partial charge on any atom is -0.481 e. The predicted octanol–water partition coefficient (Wildman–Crippen LogP) is 2.68. The van der Waals surface area contributed by atoms with Crippen LogP contribution in [0.3, 0.4) is 0 Å². The molecule has 21 heavy (non-hydrogen) atoms. The highest BCUT2D eigenvalue weighted by Gasteiger charge is 2.38. The molecular weight excluding hydrogens is 266 g/mol. The zero-order valence-electron chi connectivity index (χ0n) is 13.3. The van der Waals surface area contributed by atoms with Crippen molar-refractivity contribution in [3.8, 4) is 5.88 Å². The third-order valence-electron chi connectivity index (χ3n) is 4.41. The summed E-state index contributed by atoms with van der Waals surface area (Å²) in [6.07, 6.45) is 4.64. The quantitative estimate of drug-likeness (QED) is 0.906. The summed E-state index contributed by atoms with van der Waals surface area (Å²) >= 11 is 0. The Balaban J connectivity index is 2.04. The summed E-state index contributed by atoms with van der Waals surface area (Å²) < 4.78 is 5.02. The van der Waals surface area contributed by atoms with Crippen molar-refractivity contribution < 1.29 is 9.53 Å². The molecule has 1 unspecified atom stereocenters. The number of hydrogen-bond donors (Lipinski definition) is 1. The number of anilines is 1. The molecule has 1 aromatic heterocycles. The van der Waals surface area contributed by atoms with Crippen molar-refractivity contribution in [3.63, 3.8) is 0 Å². The molecule has 0 bridgehead atoms. The standard InChI is InChI=1S/C16H25N3O2/c1-5-16(2,3)19-10-6-7-13(19)15(20)18-12-8-9-14(21-4)17-11-12/h8-9,11,13H,5-7,10H2,1-4H3,(H,18,20). The minimum atomic E-state index is -0.0537. The lowest BCUT2D eigenvalue weighted by Gasteiger charge is -2.38. The van der Waals surface area contributed by atoms with Gasteiger partial charge in [0.15, 0.2) is 0 Å². The molecule has 1 aliphatic heterocycles. The number of rotatable bonds is 5. The number of nitrogens with zero attached hydrogens (tertiary/aromatic N) is 2. The fourth-order valence-electron chi connectivity index (χ4n) is 2.77. The van der Waals surface area contributed by atoms with Crippen LogP contribution in [0.15, 0.2) is 18.3 Å². The van der Waals surface area contributed by atoms with Crippen LogP contribution in [0, 0.1) is 0 Å². The number of pyridine rings is 1. The van der Waals surface area contributed by atoms with E-state index in [0.29, 0.717) is 11.6 Å². The van der Waals surface area contributed by atoms with E-state index >= 15 is 0 Å². The third-order valence-corrected chi connectivity index (χ3v) is 4.41. The maximum Gasteiger partial charge on any atom is 0.241 e. The van der Waals surface area contributed by atoms with E-state index in [1.165, 1.54) is 0 Å². The minimum absolute atomic E-state index is 0.0522. The molecule has 1 aromatic rings. The fraction of sp³-hybridized carbons (Fsp3) is 0.625. The highest BCUT2D eigenvalue weighted by Crippen LogP contribution is 2.29. The number of carbonyl (C=O) groups excluding carboxylic acids is 1. The molecule has 2 rings (SSSR count). The van der Waals surface area contributed by atoms with Crippen LogP contribution >= 0.6 is 0 Å². The van der Waals surface area contributed by atoms with Gasteiger partial charge in [-0.15, -0.1) is 0 Å². The summed E-state index contributed by atoms with van der Waals surface area (Å²) in [5, 5.41) is 2.96. The van der Waals surface area contributed by atoms with Gasteiger partial charge in [-0.05, 0) is 45.7 Å². The number of hydrogen-bond acceptors (Lipinski definition) is 4. The normalized spacial score (nSPS) is 19.5. The van der Waals surface area contributed by atoms with Crippen LogP contribution in [-0.4, -0.2) is 41.0 Å². The number of aromatic nitrogens is 1. The smallest absolute Gasteiger partial charge is 0.241 e. The van der Waals surface area contributed by atoms with Gasteiger partial charge in [0.1, 0.15) is 0 Å². The maximum absolute atomic E-state index is 12.5. The number of amides is 1. The van der Waals surface area contributed by atoms with E-state index < -0.39 is 0 Å². The maximum atomic E-state index is 12.5. The van der Waals surface area contributed by atoms with Gasteiger partial charge in [-0.25, -0.2) is 4.98 Å². The zero-order valence-corrected chi connectivity index (χ0v) is 13.3. The molecule has 5 heteroatoms. The van der Waals surface area contributed by atoms with Gasteiger partial charge in [0, 0.05) is 11.6 Å². The van der Waals surface area contributed by atoms with Crippen LogP contribution in [0.25, 0.3) is 0 Å². The van der Waals surface area contributed by atoms with Crippen LogP contribution < -0.4 is 10.1 Å². The second-order valence-electron chi connectivity index (χ2n) is 6.10. The van der Waals surface area contributed by atoms with Crippen molar-refractivity contribution in [2.24, 2.45) is 0 Å². The van der Waals surface area contributed by atoms with Gasteiger partial charge in [-0.1, -0.05) is 6.92 Å². The number of methoxy groups -OCH3 is 1. The van der Waals surface area contributed by atoms with E-state index in [0.717, 1.165) is 25.8 Å². The van der Waals surface area contributed by atoms with E-state index in [1.807, 2.05) is 6.07 Å². The Hall–Kier alpha value is -1.62. The van der Waals surface area contributed by atoms with Crippen molar-refractivity contribution in [1.82, 2.24) is 9.88 Å². The lowest BCUT2D eigenvalue weighted by atomic mass is 9.98. The molecule has 1 atom stereocenters. The Morgan fingerprint density at radius 1 is 1.52 bits per heavy atom. The summed E-state index contributed by atoms with van der Waals surface area (Å²) in [4.78, 5) is 19.0. The Kier molecular flexibility index (Phi) is 4.83. The number of likely N-dealkylation sites (tertiary alicyclic amines) is 1. The van der Waals surface area contributed by atoms with E-state index in [1.54, 1.807) is 19.4 Å². The first-order valence-electron chi connectivity index (χ1n) is 7.55. The molecule has 0 aromatic carbocycles. The monoisotopic (exact) mass is 291 g/mol. The molecule has 5 nitrogen and oxygen atoms in total. The Morgan fingerprint density at radius 3 is 2.86 bits per heavy atom.